The van der Waals surface area contributed by atoms with Crippen LogP contribution in [-0.4, -0.2) is 28.7 Å². The molecular weight excluding hydrogens is 126 g/mol. The molecular formula is C4H6NO2S. The van der Waals surface area contributed by atoms with Gasteiger partial charge in [0.25, 0.3) is 0 Å². The summed E-state index contributed by atoms with van der Waals surface area (Å²) in [6, 6.07) is -0.431. The van der Waals surface area contributed by atoms with E-state index in [1.165, 1.54) is 0 Å². The Hall–Kier alpha value is -0.220. The van der Waals surface area contributed by atoms with Crippen molar-refractivity contribution in [1.29, 1.82) is 0 Å². The summed E-state index contributed by atoms with van der Waals surface area (Å²) >= 11 is 1.56. The summed E-state index contributed by atoms with van der Waals surface area (Å²) in [4.78, 5) is 10.1. The second-order valence-corrected chi connectivity index (χ2v) is 2.54. The van der Waals surface area contributed by atoms with Gasteiger partial charge >= 0.3 is 5.97 Å². The second-order valence-electron chi connectivity index (χ2n) is 1.54. The molecule has 45 valence electrons. The predicted molar refractivity (Wildman–Crippen MR) is 30.9 cm³/mol. The third-order valence-electron chi connectivity index (χ3n) is 0.947. The van der Waals surface area contributed by atoms with Crippen LogP contribution in [0.1, 0.15) is 0 Å². The number of rotatable bonds is 1. The van der Waals surface area contributed by atoms with E-state index in [1.54, 1.807) is 11.8 Å². The number of carboxylic acid groups (broad SMARTS) is 1. The van der Waals surface area contributed by atoms with Crippen LogP contribution in [0.5, 0.6) is 0 Å². The highest BCUT2D eigenvalue weighted by Crippen LogP contribution is 2.10. The number of nitrogens with zero attached hydrogens (tertiary/aromatic N) is 1. The molecule has 1 atom stereocenters. The van der Waals surface area contributed by atoms with E-state index >= 15 is 0 Å². The largest absolute Gasteiger partial charge is 0.480 e. The van der Waals surface area contributed by atoms with Crippen molar-refractivity contribution in [3.05, 3.63) is 0 Å². The molecule has 4 heteroatoms. The summed E-state index contributed by atoms with van der Waals surface area (Å²) < 4.78 is 0. The highest BCUT2D eigenvalue weighted by Gasteiger charge is 2.22. The van der Waals surface area contributed by atoms with Crippen molar-refractivity contribution in [2.24, 2.45) is 0 Å². The van der Waals surface area contributed by atoms with Gasteiger partial charge in [0.1, 0.15) is 6.04 Å². The standard InChI is InChI=1S/C4H6NO2S/c6-4(7)3-1-8-2-5-3/h3H,1-2H2,(H,6,7). The summed E-state index contributed by atoms with van der Waals surface area (Å²) in [5.41, 5.74) is 0. The molecule has 1 aliphatic rings. The second kappa shape index (κ2) is 2.37. The minimum atomic E-state index is -0.796. The molecule has 0 amide bonds. The van der Waals surface area contributed by atoms with Gasteiger partial charge in [-0.25, -0.2) is 5.32 Å². The Kier molecular flexibility index (Phi) is 1.75. The zero-order chi connectivity index (χ0) is 5.98. The van der Waals surface area contributed by atoms with Crippen molar-refractivity contribution in [1.82, 2.24) is 5.32 Å². The molecule has 1 fully saturated rings. The number of hydrogen-bond acceptors (Lipinski definition) is 2. The van der Waals surface area contributed by atoms with Crippen molar-refractivity contribution < 1.29 is 9.90 Å². The van der Waals surface area contributed by atoms with Crippen molar-refractivity contribution >= 4 is 17.7 Å². The van der Waals surface area contributed by atoms with Gasteiger partial charge in [0.2, 0.25) is 0 Å². The lowest BCUT2D eigenvalue weighted by Crippen LogP contribution is -2.27. The van der Waals surface area contributed by atoms with E-state index in [-0.39, 0.29) is 0 Å². The first-order valence-electron chi connectivity index (χ1n) is 2.28. The fourth-order valence-corrected chi connectivity index (χ4v) is 1.37. The lowest BCUT2D eigenvalue weighted by atomic mass is 10.4. The van der Waals surface area contributed by atoms with E-state index in [0.717, 1.165) is 0 Å². The smallest absolute Gasteiger partial charge is 0.323 e. The molecule has 0 aliphatic carbocycles. The maximum absolute atomic E-state index is 10.1. The van der Waals surface area contributed by atoms with Gasteiger partial charge in [0.15, 0.2) is 0 Å². The molecule has 0 saturated carbocycles. The molecule has 1 rings (SSSR count). The average Bonchev–Trinajstić information content (AvgIpc) is 2.12. The van der Waals surface area contributed by atoms with Crippen molar-refractivity contribution in [2.75, 3.05) is 11.6 Å². The fraction of sp³-hybridized carbons (Fsp3) is 0.750. The number of thioether (sulfide) groups is 1. The van der Waals surface area contributed by atoms with Crippen LogP contribution < -0.4 is 5.32 Å². The third-order valence-corrected chi connectivity index (χ3v) is 1.83. The molecule has 0 aromatic carbocycles. The molecule has 1 saturated heterocycles. The van der Waals surface area contributed by atoms with Gasteiger partial charge in [-0.1, -0.05) is 0 Å². The van der Waals surface area contributed by atoms with Crippen molar-refractivity contribution in [3.63, 3.8) is 0 Å². The summed E-state index contributed by atoms with van der Waals surface area (Å²) in [6.07, 6.45) is 0. The summed E-state index contributed by atoms with van der Waals surface area (Å²) in [7, 11) is 0. The van der Waals surface area contributed by atoms with Crippen LogP contribution in [0, 0.1) is 0 Å². The van der Waals surface area contributed by atoms with E-state index in [2.05, 4.69) is 5.32 Å². The minimum absolute atomic E-state index is 0.431. The van der Waals surface area contributed by atoms with Crippen LogP contribution >= 0.6 is 11.8 Å². The molecule has 1 N–H and O–H groups in total. The molecule has 0 spiro atoms. The molecule has 1 radical (unpaired) electrons. The maximum Gasteiger partial charge on any atom is 0.323 e. The van der Waals surface area contributed by atoms with Gasteiger partial charge in [0, 0.05) is 5.75 Å². The molecule has 3 nitrogen and oxygen atoms in total. The quantitative estimate of drug-likeness (QED) is 0.535. The van der Waals surface area contributed by atoms with E-state index in [0.29, 0.717) is 11.6 Å². The Morgan fingerprint density at radius 2 is 2.62 bits per heavy atom. The first-order valence-corrected chi connectivity index (χ1v) is 3.43. The van der Waals surface area contributed by atoms with Gasteiger partial charge in [-0.05, 0) is 0 Å². The van der Waals surface area contributed by atoms with Gasteiger partial charge in [0.05, 0.1) is 5.88 Å². The Bertz CT molecular complexity index is 100. The van der Waals surface area contributed by atoms with Crippen molar-refractivity contribution in [3.8, 4) is 0 Å². The third kappa shape index (κ3) is 1.14. The fourth-order valence-electron chi connectivity index (χ4n) is 0.509. The maximum atomic E-state index is 10.1. The Balaban J connectivity index is 2.35. The topological polar surface area (TPSA) is 51.4 Å². The lowest BCUT2D eigenvalue weighted by Gasteiger charge is -1.96. The monoisotopic (exact) mass is 132 g/mol. The number of hydrogen-bond donors (Lipinski definition) is 1. The van der Waals surface area contributed by atoms with Crippen LogP contribution in [0.2, 0.25) is 0 Å². The molecule has 1 aliphatic heterocycles. The summed E-state index contributed by atoms with van der Waals surface area (Å²) in [5.74, 6) is 0.502. The van der Waals surface area contributed by atoms with E-state index in [4.69, 9.17) is 5.11 Å². The zero-order valence-corrected chi connectivity index (χ0v) is 5.02. The van der Waals surface area contributed by atoms with Crippen LogP contribution in [0.4, 0.5) is 0 Å². The molecule has 1 heterocycles. The van der Waals surface area contributed by atoms with E-state index in [9.17, 15) is 4.79 Å². The Labute approximate surface area is 51.5 Å². The highest BCUT2D eigenvalue weighted by atomic mass is 32.2. The number of carboxylic acids is 1. The number of carbonyl (C=O) groups is 1. The first kappa shape index (κ1) is 5.91. The average molecular weight is 132 g/mol. The lowest BCUT2D eigenvalue weighted by molar-refractivity contribution is -0.138. The van der Waals surface area contributed by atoms with Crippen LogP contribution in [0.25, 0.3) is 0 Å². The van der Waals surface area contributed by atoms with Gasteiger partial charge in [-0.2, -0.15) is 0 Å². The number of aliphatic carboxylic acids is 1. The molecule has 8 heavy (non-hydrogen) atoms. The van der Waals surface area contributed by atoms with E-state index < -0.39 is 12.0 Å². The zero-order valence-electron chi connectivity index (χ0n) is 4.20. The normalized spacial score (nSPS) is 28.2. The summed E-state index contributed by atoms with van der Waals surface area (Å²) in [5, 5.41) is 12.1. The van der Waals surface area contributed by atoms with E-state index in [1.807, 2.05) is 0 Å². The molecule has 0 aromatic rings. The Morgan fingerprint density at radius 3 is 2.88 bits per heavy atom. The molecule has 1 unspecified atom stereocenters. The molecule has 0 aromatic heterocycles. The van der Waals surface area contributed by atoms with Gasteiger partial charge < -0.3 is 5.11 Å². The Morgan fingerprint density at radius 1 is 1.88 bits per heavy atom. The summed E-state index contributed by atoms with van der Waals surface area (Å²) in [6.45, 7) is 0. The predicted octanol–water partition coefficient (Wildman–Crippen LogP) is -0.252. The highest BCUT2D eigenvalue weighted by molar-refractivity contribution is 7.99. The van der Waals surface area contributed by atoms with Gasteiger partial charge in [-0.3, -0.25) is 4.79 Å². The molecule has 0 bridgehead atoms. The first-order chi connectivity index (χ1) is 3.80. The van der Waals surface area contributed by atoms with Crippen LogP contribution in [0.3, 0.4) is 0 Å². The van der Waals surface area contributed by atoms with Gasteiger partial charge in [-0.15, -0.1) is 11.8 Å². The minimum Gasteiger partial charge on any atom is -0.480 e. The van der Waals surface area contributed by atoms with Crippen LogP contribution in [0.15, 0.2) is 0 Å². The SMILES string of the molecule is O=C(O)C1CSC[N]1. The van der Waals surface area contributed by atoms with Crippen molar-refractivity contribution in [2.45, 2.75) is 6.04 Å². The van der Waals surface area contributed by atoms with Crippen LogP contribution in [-0.2, 0) is 4.79 Å².